The standard InChI is InChI=1S/C11H22N2O3S/c12-7-11-3-1-2-5-13(11)17(14,15)9-10-4-6-16-8-10/h10-11H,1-9,12H2. The van der Waals surface area contributed by atoms with E-state index in [0.717, 1.165) is 25.7 Å². The Morgan fingerprint density at radius 1 is 1.29 bits per heavy atom. The van der Waals surface area contributed by atoms with E-state index < -0.39 is 10.0 Å². The summed E-state index contributed by atoms with van der Waals surface area (Å²) in [5.74, 6) is 0.393. The summed E-state index contributed by atoms with van der Waals surface area (Å²) in [6.45, 7) is 2.35. The summed E-state index contributed by atoms with van der Waals surface area (Å²) >= 11 is 0. The fourth-order valence-electron chi connectivity index (χ4n) is 2.68. The molecule has 6 heteroatoms. The van der Waals surface area contributed by atoms with Crippen molar-refractivity contribution in [2.45, 2.75) is 31.7 Å². The molecule has 0 aliphatic carbocycles. The fraction of sp³-hybridized carbons (Fsp3) is 1.00. The SMILES string of the molecule is NCC1CCCCN1S(=O)(=O)CC1CCOC1. The summed E-state index contributed by atoms with van der Waals surface area (Å²) in [6, 6.07) is 0.0103. The molecule has 0 spiro atoms. The molecule has 5 nitrogen and oxygen atoms in total. The van der Waals surface area contributed by atoms with Crippen molar-refractivity contribution in [1.29, 1.82) is 0 Å². The predicted octanol–water partition coefficient (Wildman–Crippen LogP) is 0.166. The Bertz CT molecular complexity index is 339. The Labute approximate surface area is 103 Å². The first-order valence-corrected chi connectivity index (χ1v) is 8.02. The monoisotopic (exact) mass is 262 g/mol. The molecule has 0 aromatic rings. The van der Waals surface area contributed by atoms with E-state index in [0.29, 0.717) is 26.3 Å². The highest BCUT2D eigenvalue weighted by Gasteiger charge is 2.33. The first kappa shape index (κ1) is 13.3. The van der Waals surface area contributed by atoms with E-state index >= 15 is 0 Å². The normalized spacial score (nSPS) is 31.8. The molecule has 2 atom stereocenters. The molecule has 0 aromatic heterocycles. The van der Waals surface area contributed by atoms with E-state index in [-0.39, 0.29) is 17.7 Å². The Hall–Kier alpha value is -0.170. The van der Waals surface area contributed by atoms with Gasteiger partial charge >= 0.3 is 0 Å². The lowest BCUT2D eigenvalue weighted by atomic mass is 10.1. The summed E-state index contributed by atoms with van der Waals surface area (Å²) in [5.41, 5.74) is 5.67. The van der Waals surface area contributed by atoms with Gasteiger partial charge in [-0.2, -0.15) is 4.31 Å². The third-order valence-corrected chi connectivity index (χ3v) is 5.76. The third kappa shape index (κ3) is 3.19. The first-order valence-electron chi connectivity index (χ1n) is 6.41. The Morgan fingerprint density at radius 2 is 2.12 bits per heavy atom. The Balaban J connectivity index is 2.01. The minimum atomic E-state index is -3.15. The van der Waals surface area contributed by atoms with Gasteiger partial charge in [0.1, 0.15) is 0 Å². The van der Waals surface area contributed by atoms with Gasteiger partial charge in [0.2, 0.25) is 10.0 Å². The number of hydrogen-bond donors (Lipinski definition) is 1. The lowest BCUT2D eigenvalue weighted by Crippen LogP contribution is -2.48. The van der Waals surface area contributed by atoms with Crippen LogP contribution in [0.5, 0.6) is 0 Å². The van der Waals surface area contributed by atoms with Crippen LogP contribution in [0, 0.1) is 5.92 Å². The van der Waals surface area contributed by atoms with Gasteiger partial charge in [-0.15, -0.1) is 0 Å². The second kappa shape index (κ2) is 5.65. The van der Waals surface area contributed by atoms with Crippen LogP contribution < -0.4 is 5.73 Å². The van der Waals surface area contributed by atoms with Crippen molar-refractivity contribution in [3.8, 4) is 0 Å². The van der Waals surface area contributed by atoms with Gasteiger partial charge in [0, 0.05) is 25.7 Å². The highest BCUT2D eigenvalue weighted by Crippen LogP contribution is 2.23. The molecule has 2 heterocycles. The second-order valence-electron chi connectivity index (χ2n) is 5.00. The van der Waals surface area contributed by atoms with Gasteiger partial charge in [0.15, 0.2) is 0 Å². The third-order valence-electron chi connectivity index (χ3n) is 3.67. The van der Waals surface area contributed by atoms with Crippen LogP contribution >= 0.6 is 0 Å². The van der Waals surface area contributed by atoms with Crippen molar-refractivity contribution in [3.05, 3.63) is 0 Å². The van der Waals surface area contributed by atoms with Crippen molar-refractivity contribution >= 4 is 10.0 Å². The number of nitrogens with zero attached hydrogens (tertiary/aromatic N) is 1. The molecule has 2 fully saturated rings. The van der Waals surface area contributed by atoms with Gasteiger partial charge in [-0.3, -0.25) is 0 Å². The molecule has 0 bridgehead atoms. The van der Waals surface area contributed by atoms with Crippen LogP contribution in [0.25, 0.3) is 0 Å². The number of hydrogen-bond acceptors (Lipinski definition) is 4. The quantitative estimate of drug-likeness (QED) is 0.783. The van der Waals surface area contributed by atoms with Crippen LogP contribution in [-0.4, -0.2) is 50.8 Å². The molecular weight excluding hydrogens is 240 g/mol. The average Bonchev–Trinajstić information content (AvgIpc) is 2.81. The second-order valence-corrected chi connectivity index (χ2v) is 6.97. The van der Waals surface area contributed by atoms with Gasteiger partial charge in [-0.25, -0.2) is 8.42 Å². The minimum absolute atomic E-state index is 0.0103. The lowest BCUT2D eigenvalue weighted by Gasteiger charge is -2.34. The fourth-order valence-corrected chi connectivity index (χ4v) is 4.79. The van der Waals surface area contributed by atoms with Gasteiger partial charge in [0.05, 0.1) is 12.4 Å². The zero-order valence-electron chi connectivity index (χ0n) is 10.2. The van der Waals surface area contributed by atoms with Gasteiger partial charge < -0.3 is 10.5 Å². The molecule has 0 saturated carbocycles. The summed E-state index contributed by atoms with van der Waals surface area (Å²) in [7, 11) is -3.15. The molecule has 0 aromatic carbocycles. The number of rotatable bonds is 4. The zero-order valence-corrected chi connectivity index (χ0v) is 11.0. The first-order chi connectivity index (χ1) is 8.13. The predicted molar refractivity (Wildman–Crippen MR) is 66.1 cm³/mol. The maximum Gasteiger partial charge on any atom is 0.214 e. The largest absolute Gasteiger partial charge is 0.381 e. The summed E-state index contributed by atoms with van der Waals surface area (Å²) in [6.07, 6.45) is 3.80. The average molecular weight is 262 g/mol. The molecule has 100 valence electrons. The molecular formula is C11H22N2O3S. The van der Waals surface area contributed by atoms with E-state index in [9.17, 15) is 8.42 Å². The van der Waals surface area contributed by atoms with Crippen LogP contribution in [0.1, 0.15) is 25.7 Å². The van der Waals surface area contributed by atoms with Gasteiger partial charge in [-0.05, 0) is 25.2 Å². The molecule has 17 heavy (non-hydrogen) atoms. The van der Waals surface area contributed by atoms with Gasteiger partial charge in [-0.1, -0.05) is 6.42 Å². The van der Waals surface area contributed by atoms with Crippen LogP contribution in [0.15, 0.2) is 0 Å². The number of nitrogens with two attached hydrogens (primary N) is 1. The number of sulfonamides is 1. The molecule has 2 aliphatic heterocycles. The molecule has 2 aliphatic rings. The van der Waals surface area contributed by atoms with Crippen molar-refractivity contribution in [3.63, 3.8) is 0 Å². The highest BCUT2D eigenvalue weighted by molar-refractivity contribution is 7.89. The van der Waals surface area contributed by atoms with E-state index in [2.05, 4.69) is 0 Å². The maximum absolute atomic E-state index is 12.3. The van der Waals surface area contributed by atoms with E-state index in [4.69, 9.17) is 10.5 Å². The zero-order chi connectivity index (χ0) is 12.3. The number of piperidine rings is 1. The van der Waals surface area contributed by atoms with E-state index in [1.807, 2.05) is 0 Å². The molecule has 0 radical (unpaired) electrons. The van der Waals surface area contributed by atoms with Crippen LogP contribution in [0.3, 0.4) is 0 Å². The van der Waals surface area contributed by atoms with Crippen molar-refractivity contribution in [2.75, 3.05) is 32.1 Å². The molecule has 2 unspecified atom stereocenters. The summed E-state index contributed by atoms with van der Waals surface area (Å²) in [5, 5.41) is 0. The van der Waals surface area contributed by atoms with Gasteiger partial charge in [0.25, 0.3) is 0 Å². The summed E-state index contributed by atoms with van der Waals surface area (Å²) < 4.78 is 31.5. The summed E-state index contributed by atoms with van der Waals surface area (Å²) in [4.78, 5) is 0. The van der Waals surface area contributed by atoms with E-state index in [1.165, 1.54) is 0 Å². The lowest BCUT2D eigenvalue weighted by molar-refractivity contribution is 0.188. The van der Waals surface area contributed by atoms with Crippen LogP contribution in [0.2, 0.25) is 0 Å². The van der Waals surface area contributed by atoms with Crippen LogP contribution in [0.4, 0.5) is 0 Å². The maximum atomic E-state index is 12.3. The smallest absolute Gasteiger partial charge is 0.214 e. The molecule has 2 N–H and O–H groups in total. The molecule has 0 amide bonds. The minimum Gasteiger partial charge on any atom is -0.381 e. The molecule has 2 saturated heterocycles. The van der Waals surface area contributed by atoms with Crippen molar-refractivity contribution in [2.24, 2.45) is 11.7 Å². The van der Waals surface area contributed by atoms with Crippen LogP contribution in [-0.2, 0) is 14.8 Å². The van der Waals surface area contributed by atoms with E-state index in [1.54, 1.807) is 4.31 Å². The van der Waals surface area contributed by atoms with Crippen molar-refractivity contribution in [1.82, 2.24) is 4.31 Å². The Kier molecular flexibility index (Phi) is 4.41. The number of ether oxygens (including phenoxy) is 1. The van der Waals surface area contributed by atoms with Crippen molar-refractivity contribution < 1.29 is 13.2 Å². The molecule has 2 rings (SSSR count). The topological polar surface area (TPSA) is 72.6 Å². The Morgan fingerprint density at radius 3 is 2.76 bits per heavy atom. The highest BCUT2D eigenvalue weighted by atomic mass is 32.2.